The molecule has 26 heavy (non-hydrogen) atoms. The van der Waals surface area contributed by atoms with E-state index in [1.807, 2.05) is 37.4 Å². The molecule has 0 radical (unpaired) electrons. The summed E-state index contributed by atoms with van der Waals surface area (Å²) < 4.78 is 0. The highest BCUT2D eigenvalue weighted by atomic mass is 32.2. The molecule has 0 saturated carbocycles. The third-order valence-electron chi connectivity index (χ3n) is 4.50. The van der Waals surface area contributed by atoms with Crippen LogP contribution < -0.4 is 0 Å². The molecule has 2 amide bonds. The van der Waals surface area contributed by atoms with Gasteiger partial charge in [-0.2, -0.15) is 0 Å². The predicted molar refractivity (Wildman–Crippen MR) is 103 cm³/mol. The van der Waals surface area contributed by atoms with Crippen LogP contribution in [0.15, 0.2) is 59.8 Å². The topological polar surface area (TPSA) is 53.5 Å². The smallest absolute Gasteiger partial charge is 0.227 e. The molecular formula is C20H23N3O2S. The number of rotatable bonds is 7. The lowest BCUT2D eigenvalue weighted by Crippen LogP contribution is -2.35. The summed E-state index contributed by atoms with van der Waals surface area (Å²) in [5.41, 5.74) is 1.04. The monoisotopic (exact) mass is 369 g/mol. The number of benzene rings is 1. The maximum Gasteiger partial charge on any atom is 0.227 e. The molecule has 136 valence electrons. The van der Waals surface area contributed by atoms with Gasteiger partial charge < -0.3 is 9.80 Å². The Kier molecular flexibility index (Phi) is 6.28. The highest BCUT2D eigenvalue weighted by Crippen LogP contribution is 2.22. The van der Waals surface area contributed by atoms with Gasteiger partial charge in [0.05, 0.1) is 5.92 Å². The first kappa shape index (κ1) is 18.5. The Bertz CT molecular complexity index is 739. The van der Waals surface area contributed by atoms with Crippen molar-refractivity contribution >= 4 is 23.6 Å². The van der Waals surface area contributed by atoms with E-state index in [0.29, 0.717) is 26.1 Å². The van der Waals surface area contributed by atoms with Crippen molar-refractivity contribution in [3.63, 3.8) is 0 Å². The fourth-order valence-corrected chi connectivity index (χ4v) is 3.99. The van der Waals surface area contributed by atoms with Crippen molar-refractivity contribution in [1.82, 2.24) is 14.8 Å². The second-order valence-corrected chi connectivity index (χ2v) is 7.62. The van der Waals surface area contributed by atoms with Crippen LogP contribution in [0.2, 0.25) is 0 Å². The number of nitrogens with zero attached hydrogens (tertiary/aromatic N) is 3. The van der Waals surface area contributed by atoms with Crippen LogP contribution in [-0.2, 0) is 16.1 Å². The number of carbonyl (C=O) groups is 2. The minimum Gasteiger partial charge on any atom is -0.345 e. The van der Waals surface area contributed by atoms with Gasteiger partial charge in [-0.25, -0.2) is 0 Å². The number of likely N-dealkylation sites (tertiary alicyclic amines) is 1. The van der Waals surface area contributed by atoms with Gasteiger partial charge in [0.1, 0.15) is 0 Å². The second kappa shape index (κ2) is 8.85. The third-order valence-corrected chi connectivity index (χ3v) is 5.49. The van der Waals surface area contributed by atoms with Gasteiger partial charge in [0.15, 0.2) is 0 Å². The number of amides is 2. The van der Waals surface area contributed by atoms with E-state index in [4.69, 9.17) is 0 Å². The molecule has 1 saturated heterocycles. The van der Waals surface area contributed by atoms with Gasteiger partial charge in [0.25, 0.3) is 0 Å². The molecule has 1 aromatic carbocycles. The lowest BCUT2D eigenvalue weighted by molar-refractivity contribution is -0.134. The number of thioether (sulfide) groups is 1. The van der Waals surface area contributed by atoms with E-state index >= 15 is 0 Å². The summed E-state index contributed by atoms with van der Waals surface area (Å²) in [5, 5.41) is 0. The van der Waals surface area contributed by atoms with E-state index in [1.54, 1.807) is 34.0 Å². The van der Waals surface area contributed by atoms with Crippen LogP contribution in [0.25, 0.3) is 0 Å². The third kappa shape index (κ3) is 4.85. The Morgan fingerprint density at radius 1 is 1.23 bits per heavy atom. The summed E-state index contributed by atoms with van der Waals surface area (Å²) in [6, 6.07) is 14.0. The molecule has 1 aromatic heterocycles. The van der Waals surface area contributed by atoms with Crippen LogP contribution in [-0.4, -0.2) is 52.5 Å². The minimum atomic E-state index is -0.240. The van der Waals surface area contributed by atoms with Gasteiger partial charge in [-0.3, -0.25) is 14.6 Å². The average molecular weight is 369 g/mol. The molecular weight excluding hydrogens is 346 g/mol. The molecule has 0 N–H and O–H groups in total. The number of hydrogen-bond donors (Lipinski definition) is 0. The Balaban J connectivity index is 1.47. The lowest BCUT2D eigenvalue weighted by Gasteiger charge is -2.21. The summed E-state index contributed by atoms with van der Waals surface area (Å²) >= 11 is 1.73. The Hall–Kier alpha value is -2.34. The van der Waals surface area contributed by atoms with Crippen molar-refractivity contribution < 1.29 is 9.59 Å². The average Bonchev–Trinajstić information content (AvgIpc) is 3.03. The van der Waals surface area contributed by atoms with Gasteiger partial charge in [0.2, 0.25) is 11.8 Å². The highest BCUT2D eigenvalue weighted by molar-refractivity contribution is 7.99. The van der Waals surface area contributed by atoms with Crippen LogP contribution in [0.1, 0.15) is 12.0 Å². The quantitative estimate of drug-likeness (QED) is 0.704. The standard InChI is InChI=1S/C20H23N3O2S/c1-22(11-12-26-18-5-3-2-4-6-18)20(25)17-13-19(24)23(15-17)14-16-7-9-21-10-8-16/h2-10,17H,11-15H2,1H3. The molecule has 1 atom stereocenters. The number of pyridine rings is 1. The summed E-state index contributed by atoms with van der Waals surface area (Å²) in [6.07, 6.45) is 3.74. The van der Waals surface area contributed by atoms with Crippen LogP contribution in [0.3, 0.4) is 0 Å². The Morgan fingerprint density at radius 3 is 2.69 bits per heavy atom. The van der Waals surface area contributed by atoms with Crippen molar-refractivity contribution in [2.75, 3.05) is 25.9 Å². The Morgan fingerprint density at radius 2 is 1.96 bits per heavy atom. The zero-order chi connectivity index (χ0) is 18.4. The molecule has 1 aliphatic heterocycles. The zero-order valence-electron chi connectivity index (χ0n) is 14.9. The Labute approximate surface area is 158 Å². The zero-order valence-corrected chi connectivity index (χ0v) is 15.7. The first-order valence-corrected chi connectivity index (χ1v) is 9.71. The van der Waals surface area contributed by atoms with Gasteiger partial charge in [-0.1, -0.05) is 18.2 Å². The van der Waals surface area contributed by atoms with E-state index < -0.39 is 0 Å². The van der Waals surface area contributed by atoms with Gasteiger partial charge >= 0.3 is 0 Å². The number of carbonyl (C=O) groups excluding carboxylic acids is 2. The SMILES string of the molecule is CN(CCSc1ccccc1)C(=O)C1CC(=O)N(Cc2ccncc2)C1. The van der Waals surface area contributed by atoms with Crippen molar-refractivity contribution in [2.24, 2.45) is 5.92 Å². The maximum atomic E-state index is 12.7. The molecule has 5 nitrogen and oxygen atoms in total. The molecule has 2 heterocycles. The molecule has 1 fully saturated rings. The van der Waals surface area contributed by atoms with E-state index in [0.717, 1.165) is 11.3 Å². The summed E-state index contributed by atoms with van der Waals surface area (Å²) in [6.45, 7) is 1.71. The largest absolute Gasteiger partial charge is 0.345 e. The minimum absolute atomic E-state index is 0.0484. The van der Waals surface area contributed by atoms with Crippen molar-refractivity contribution in [3.05, 3.63) is 60.4 Å². The molecule has 0 bridgehead atoms. The fraction of sp³-hybridized carbons (Fsp3) is 0.350. The molecule has 1 aliphatic rings. The predicted octanol–water partition coefficient (Wildman–Crippen LogP) is 2.68. The molecule has 0 spiro atoms. The van der Waals surface area contributed by atoms with E-state index in [1.165, 1.54) is 4.90 Å². The summed E-state index contributed by atoms with van der Waals surface area (Å²) in [7, 11) is 1.82. The molecule has 0 aliphatic carbocycles. The van der Waals surface area contributed by atoms with E-state index in [2.05, 4.69) is 17.1 Å². The van der Waals surface area contributed by atoms with E-state index in [-0.39, 0.29) is 17.7 Å². The molecule has 3 rings (SSSR count). The van der Waals surface area contributed by atoms with E-state index in [9.17, 15) is 9.59 Å². The van der Waals surface area contributed by atoms with Crippen molar-refractivity contribution in [3.8, 4) is 0 Å². The molecule has 6 heteroatoms. The number of aromatic nitrogens is 1. The van der Waals surface area contributed by atoms with Crippen LogP contribution in [0, 0.1) is 5.92 Å². The first-order chi connectivity index (χ1) is 12.6. The number of hydrogen-bond acceptors (Lipinski definition) is 4. The van der Waals surface area contributed by atoms with Crippen LogP contribution in [0.4, 0.5) is 0 Å². The normalized spacial score (nSPS) is 16.7. The molecule has 1 unspecified atom stereocenters. The molecule has 2 aromatic rings. The lowest BCUT2D eigenvalue weighted by atomic mass is 10.1. The highest BCUT2D eigenvalue weighted by Gasteiger charge is 2.35. The summed E-state index contributed by atoms with van der Waals surface area (Å²) in [5.74, 6) is 0.709. The summed E-state index contributed by atoms with van der Waals surface area (Å²) in [4.78, 5) is 33.6. The van der Waals surface area contributed by atoms with Gasteiger partial charge in [-0.05, 0) is 29.8 Å². The van der Waals surface area contributed by atoms with Crippen molar-refractivity contribution in [1.29, 1.82) is 0 Å². The van der Waals surface area contributed by atoms with Gasteiger partial charge in [0, 0.05) is 56.1 Å². The van der Waals surface area contributed by atoms with Crippen LogP contribution in [0.5, 0.6) is 0 Å². The van der Waals surface area contributed by atoms with Crippen LogP contribution >= 0.6 is 11.8 Å². The van der Waals surface area contributed by atoms with Gasteiger partial charge in [-0.15, -0.1) is 11.8 Å². The first-order valence-electron chi connectivity index (χ1n) is 8.73. The fourth-order valence-electron chi connectivity index (χ4n) is 3.04. The maximum absolute atomic E-state index is 12.7. The second-order valence-electron chi connectivity index (χ2n) is 6.45. The van der Waals surface area contributed by atoms with Crippen molar-refractivity contribution in [2.45, 2.75) is 17.9 Å².